The molecule has 0 aliphatic carbocycles. The number of hydrogen-bond donors (Lipinski definition) is 2. The van der Waals surface area contributed by atoms with Crippen molar-refractivity contribution in [3.05, 3.63) is 78.0 Å². The molecule has 3 rings (SSSR count). The molecular formula is C22H22N4O3. The van der Waals surface area contributed by atoms with Crippen LogP contribution < -0.4 is 11.1 Å². The number of benzene rings is 2. The minimum absolute atomic E-state index is 0.164. The molecule has 0 saturated heterocycles. The van der Waals surface area contributed by atoms with Gasteiger partial charge in [0, 0.05) is 18.5 Å². The molecule has 1 aromatic heterocycles. The van der Waals surface area contributed by atoms with E-state index in [9.17, 15) is 14.4 Å². The summed E-state index contributed by atoms with van der Waals surface area (Å²) in [6, 6.07) is 17.5. The quantitative estimate of drug-likeness (QED) is 0.573. The summed E-state index contributed by atoms with van der Waals surface area (Å²) in [6.07, 6.45) is 1.63. The highest BCUT2D eigenvalue weighted by molar-refractivity contribution is 6.38. The van der Waals surface area contributed by atoms with Crippen molar-refractivity contribution in [2.24, 2.45) is 5.73 Å². The lowest BCUT2D eigenvalue weighted by Crippen LogP contribution is -2.47. The van der Waals surface area contributed by atoms with E-state index in [1.165, 1.54) is 6.20 Å². The van der Waals surface area contributed by atoms with E-state index in [0.717, 1.165) is 11.1 Å². The molecule has 7 heteroatoms. The third kappa shape index (κ3) is 4.57. The van der Waals surface area contributed by atoms with Gasteiger partial charge >= 0.3 is 0 Å². The van der Waals surface area contributed by atoms with Gasteiger partial charge in [0.05, 0.1) is 17.5 Å². The Labute approximate surface area is 168 Å². The van der Waals surface area contributed by atoms with Gasteiger partial charge in [0.2, 0.25) is 5.78 Å². The summed E-state index contributed by atoms with van der Waals surface area (Å²) in [6.45, 7) is 2.50. The molecule has 1 heterocycles. The van der Waals surface area contributed by atoms with Gasteiger partial charge in [-0.3, -0.25) is 19.1 Å². The third-order valence-corrected chi connectivity index (χ3v) is 4.58. The van der Waals surface area contributed by atoms with Gasteiger partial charge in [0.1, 0.15) is 6.04 Å². The normalized spacial score (nSPS) is 11.6. The van der Waals surface area contributed by atoms with E-state index < -0.39 is 23.6 Å². The predicted octanol–water partition coefficient (Wildman–Crippen LogP) is 1.97. The lowest BCUT2D eigenvalue weighted by Gasteiger charge is -2.17. The molecule has 0 bridgehead atoms. The second-order valence-corrected chi connectivity index (χ2v) is 6.53. The van der Waals surface area contributed by atoms with Gasteiger partial charge in [-0.2, -0.15) is 5.10 Å². The van der Waals surface area contributed by atoms with Crippen molar-refractivity contribution >= 4 is 17.6 Å². The number of carbonyl (C=O) groups excluding carboxylic acids is 3. The number of nitrogens with one attached hydrogen (secondary N) is 1. The van der Waals surface area contributed by atoms with Crippen molar-refractivity contribution in [1.82, 2.24) is 15.1 Å². The van der Waals surface area contributed by atoms with Gasteiger partial charge in [0.25, 0.3) is 11.8 Å². The molecule has 0 radical (unpaired) electrons. The average Bonchev–Trinajstić information content (AvgIpc) is 3.18. The van der Waals surface area contributed by atoms with Crippen LogP contribution in [0.3, 0.4) is 0 Å². The highest BCUT2D eigenvalue weighted by atomic mass is 16.2. The second kappa shape index (κ2) is 8.97. The van der Waals surface area contributed by atoms with Crippen LogP contribution in [0.1, 0.15) is 22.8 Å². The van der Waals surface area contributed by atoms with E-state index in [0.29, 0.717) is 17.8 Å². The molecule has 0 saturated carbocycles. The summed E-state index contributed by atoms with van der Waals surface area (Å²) in [5, 5.41) is 6.95. The van der Waals surface area contributed by atoms with Crippen LogP contribution in [-0.4, -0.2) is 33.4 Å². The molecule has 2 aromatic carbocycles. The van der Waals surface area contributed by atoms with Gasteiger partial charge in [-0.1, -0.05) is 60.7 Å². The largest absolute Gasteiger partial charge is 0.363 e. The summed E-state index contributed by atoms with van der Waals surface area (Å²) >= 11 is 0. The average molecular weight is 390 g/mol. The fourth-order valence-corrected chi connectivity index (χ4v) is 3.16. The van der Waals surface area contributed by atoms with Gasteiger partial charge in [0.15, 0.2) is 0 Å². The maximum atomic E-state index is 13.0. The number of Topliss-reactive ketones (excluding diaryl/α,β-unsaturated/α-hetero) is 1. The SMILES string of the molecule is CCn1ncc(C(=O)NC(Cc2ccccc2)C(=O)C(N)=O)c1-c1ccccc1. The Bertz CT molecular complexity index is 1010. The Hall–Kier alpha value is -3.74. The van der Waals surface area contributed by atoms with Crippen molar-refractivity contribution in [3.63, 3.8) is 0 Å². The molecule has 0 aliphatic rings. The maximum absolute atomic E-state index is 13.0. The minimum atomic E-state index is -1.08. The first-order chi connectivity index (χ1) is 14.0. The van der Waals surface area contributed by atoms with Crippen LogP contribution >= 0.6 is 0 Å². The Balaban J connectivity index is 1.91. The Morgan fingerprint density at radius 2 is 1.66 bits per heavy atom. The van der Waals surface area contributed by atoms with E-state index in [2.05, 4.69) is 10.4 Å². The summed E-state index contributed by atoms with van der Waals surface area (Å²) < 4.78 is 1.71. The van der Waals surface area contributed by atoms with Gasteiger partial charge in [-0.15, -0.1) is 0 Å². The van der Waals surface area contributed by atoms with E-state index in [-0.39, 0.29) is 6.42 Å². The third-order valence-electron chi connectivity index (χ3n) is 4.58. The molecule has 2 amide bonds. The van der Waals surface area contributed by atoms with E-state index in [4.69, 9.17) is 5.73 Å². The Morgan fingerprint density at radius 3 is 2.24 bits per heavy atom. The summed E-state index contributed by atoms with van der Waals surface area (Å²) in [5.74, 6) is -2.41. The molecule has 0 aliphatic heterocycles. The molecule has 7 nitrogen and oxygen atoms in total. The van der Waals surface area contributed by atoms with Crippen LogP contribution in [0.2, 0.25) is 0 Å². The summed E-state index contributed by atoms with van der Waals surface area (Å²) in [7, 11) is 0. The zero-order valence-electron chi connectivity index (χ0n) is 16.0. The maximum Gasteiger partial charge on any atom is 0.287 e. The number of primary amides is 1. The van der Waals surface area contributed by atoms with E-state index in [1.807, 2.05) is 67.6 Å². The molecule has 3 aromatic rings. The van der Waals surface area contributed by atoms with Crippen molar-refractivity contribution < 1.29 is 14.4 Å². The summed E-state index contributed by atoms with van der Waals surface area (Å²) in [4.78, 5) is 36.8. The van der Waals surface area contributed by atoms with Crippen LogP contribution in [0.15, 0.2) is 66.9 Å². The first-order valence-electron chi connectivity index (χ1n) is 9.31. The topological polar surface area (TPSA) is 107 Å². The molecular weight excluding hydrogens is 368 g/mol. The molecule has 1 unspecified atom stereocenters. The van der Waals surface area contributed by atoms with Crippen molar-refractivity contribution in [3.8, 4) is 11.3 Å². The molecule has 0 spiro atoms. The Kier molecular flexibility index (Phi) is 6.19. The number of ketones is 1. The van der Waals surface area contributed by atoms with Gasteiger partial charge in [-0.25, -0.2) is 0 Å². The number of amides is 2. The smallest absolute Gasteiger partial charge is 0.287 e. The van der Waals surface area contributed by atoms with E-state index >= 15 is 0 Å². The monoisotopic (exact) mass is 390 g/mol. The van der Waals surface area contributed by atoms with Crippen LogP contribution in [-0.2, 0) is 22.6 Å². The standard InChI is InChI=1S/C22H22N4O3/c1-2-26-19(16-11-7-4-8-12-16)17(14-24-26)22(29)25-18(20(27)21(23)28)13-15-9-5-3-6-10-15/h3-12,14,18H,2,13H2,1H3,(H2,23,28)(H,25,29). The fourth-order valence-electron chi connectivity index (χ4n) is 3.16. The lowest BCUT2D eigenvalue weighted by atomic mass is 10.0. The number of carbonyl (C=O) groups is 3. The van der Waals surface area contributed by atoms with Crippen LogP contribution in [0, 0.1) is 0 Å². The Morgan fingerprint density at radius 1 is 1.03 bits per heavy atom. The molecule has 1 atom stereocenters. The zero-order valence-corrected chi connectivity index (χ0v) is 16.0. The highest BCUT2D eigenvalue weighted by Crippen LogP contribution is 2.24. The molecule has 29 heavy (non-hydrogen) atoms. The van der Waals surface area contributed by atoms with Crippen LogP contribution in [0.4, 0.5) is 0 Å². The first-order valence-corrected chi connectivity index (χ1v) is 9.31. The number of hydrogen-bond acceptors (Lipinski definition) is 4. The van der Waals surface area contributed by atoms with Crippen LogP contribution in [0.5, 0.6) is 0 Å². The number of rotatable bonds is 8. The van der Waals surface area contributed by atoms with Crippen LogP contribution in [0.25, 0.3) is 11.3 Å². The minimum Gasteiger partial charge on any atom is -0.363 e. The first kappa shape index (κ1) is 20.0. The van der Waals surface area contributed by atoms with Gasteiger partial charge < -0.3 is 11.1 Å². The molecule has 0 fully saturated rings. The van der Waals surface area contributed by atoms with Crippen molar-refractivity contribution in [2.45, 2.75) is 25.9 Å². The van der Waals surface area contributed by atoms with Gasteiger partial charge in [-0.05, 0) is 12.5 Å². The number of nitrogens with two attached hydrogens (primary N) is 1. The number of aryl methyl sites for hydroxylation is 1. The highest BCUT2D eigenvalue weighted by Gasteiger charge is 2.28. The zero-order chi connectivity index (χ0) is 20.8. The predicted molar refractivity (Wildman–Crippen MR) is 109 cm³/mol. The van der Waals surface area contributed by atoms with E-state index in [1.54, 1.807) is 4.68 Å². The fraction of sp³-hybridized carbons (Fsp3) is 0.182. The molecule has 148 valence electrons. The summed E-state index contributed by atoms with van der Waals surface area (Å²) in [5.41, 5.74) is 7.81. The second-order valence-electron chi connectivity index (χ2n) is 6.53. The number of nitrogens with zero attached hydrogens (tertiary/aromatic N) is 2. The lowest BCUT2D eigenvalue weighted by molar-refractivity contribution is -0.137. The molecule has 3 N–H and O–H groups in total. The number of aromatic nitrogens is 2. The van der Waals surface area contributed by atoms with Crippen molar-refractivity contribution in [2.75, 3.05) is 0 Å². The van der Waals surface area contributed by atoms with Crippen molar-refractivity contribution in [1.29, 1.82) is 0 Å².